The number of amides is 1. The first-order valence-corrected chi connectivity index (χ1v) is 14.6. The van der Waals surface area contributed by atoms with Crippen molar-refractivity contribution in [3.63, 3.8) is 0 Å². The molecule has 4 aromatic rings. The number of halogens is 5. The highest BCUT2D eigenvalue weighted by Crippen LogP contribution is 2.43. The number of aliphatic hydroxyl groups is 1. The van der Waals surface area contributed by atoms with Crippen molar-refractivity contribution in [1.82, 2.24) is 14.9 Å². The van der Waals surface area contributed by atoms with Crippen molar-refractivity contribution in [2.24, 2.45) is 13.0 Å². The lowest BCUT2D eigenvalue weighted by Gasteiger charge is -2.41. The molecule has 44 heavy (non-hydrogen) atoms. The maximum atomic E-state index is 14.0. The summed E-state index contributed by atoms with van der Waals surface area (Å²) in [5.41, 5.74) is 1.30. The first kappa shape index (κ1) is 31.6. The summed E-state index contributed by atoms with van der Waals surface area (Å²) in [6.07, 6.45) is 2.24. The van der Waals surface area contributed by atoms with Gasteiger partial charge in [-0.25, -0.2) is 26.9 Å². The van der Waals surface area contributed by atoms with Crippen molar-refractivity contribution in [3.8, 4) is 0 Å². The van der Waals surface area contributed by atoms with Gasteiger partial charge in [-0.2, -0.15) is 0 Å². The van der Waals surface area contributed by atoms with Gasteiger partial charge in [0.25, 0.3) is 5.91 Å². The van der Waals surface area contributed by atoms with Crippen LogP contribution < -0.4 is 5.32 Å². The Morgan fingerprint density at radius 3 is 2.09 bits per heavy atom. The SMILES string of the molecule is CC1C(CSc2nccn2C)OC(c2ccc(CNC(=O)c3c(F)c(F)c(F)c(F)c3F)cc2)OC1c1ccc(CO)cc1. The van der Waals surface area contributed by atoms with Gasteiger partial charge in [0.15, 0.2) is 34.7 Å². The molecule has 232 valence electrons. The molecule has 0 spiro atoms. The molecule has 5 rings (SSSR count). The van der Waals surface area contributed by atoms with E-state index in [0.717, 1.165) is 16.3 Å². The summed E-state index contributed by atoms with van der Waals surface area (Å²) >= 11 is 1.56. The number of nitrogens with zero attached hydrogens (tertiary/aromatic N) is 2. The average molecular weight is 634 g/mol. The molecular weight excluding hydrogens is 605 g/mol. The molecular formula is C31H28F5N3O4S. The van der Waals surface area contributed by atoms with E-state index in [2.05, 4.69) is 10.3 Å². The van der Waals surface area contributed by atoms with E-state index < -0.39 is 46.8 Å². The fourth-order valence-electron chi connectivity index (χ4n) is 4.83. The minimum Gasteiger partial charge on any atom is -0.392 e. The second-order valence-corrected chi connectivity index (χ2v) is 11.3. The van der Waals surface area contributed by atoms with Crippen LogP contribution in [0.3, 0.4) is 0 Å². The first-order chi connectivity index (χ1) is 21.1. The number of ether oxygens (including phenoxy) is 2. The molecule has 13 heteroatoms. The molecule has 1 aromatic heterocycles. The number of carbonyl (C=O) groups is 1. The number of carbonyl (C=O) groups excluding carboxylic acids is 1. The largest absolute Gasteiger partial charge is 0.392 e. The maximum Gasteiger partial charge on any atom is 0.257 e. The van der Waals surface area contributed by atoms with Crippen molar-refractivity contribution < 1.29 is 41.3 Å². The van der Waals surface area contributed by atoms with E-state index >= 15 is 0 Å². The van der Waals surface area contributed by atoms with Crippen molar-refractivity contribution in [3.05, 3.63) is 118 Å². The van der Waals surface area contributed by atoms with Gasteiger partial charge in [-0.15, -0.1) is 0 Å². The molecule has 1 fully saturated rings. The number of nitrogens with one attached hydrogen (secondary N) is 1. The summed E-state index contributed by atoms with van der Waals surface area (Å²) in [6, 6.07) is 14.2. The van der Waals surface area contributed by atoms with Gasteiger partial charge in [0.1, 0.15) is 5.56 Å². The number of hydrogen-bond donors (Lipinski definition) is 2. The van der Waals surface area contributed by atoms with Crippen LogP contribution >= 0.6 is 11.8 Å². The smallest absolute Gasteiger partial charge is 0.257 e. The van der Waals surface area contributed by atoms with E-state index in [4.69, 9.17) is 9.47 Å². The number of hydrogen-bond acceptors (Lipinski definition) is 6. The molecule has 1 aliphatic rings. The van der Waals surface area contributed by atoms with Crippen molar-refractivity contribution in [1.29, 1.82) is 0 Å². The maximum absolute atomic E-state index is 14.0. The van der Waals surface area contributed by atoms with Gasteiger partial charge in [-0.1, -0.05) is 67.2 Å². The van der Waals surface area contributed by atoms with Crippen LogP contribution in [0.15, 0.2) is 66.1 Å². The summed E-state index contributed by atoms with van der Waals surface area (Å²) in [6.45, 7) is 1.72. The highest BCUT2D eigenvalue weighted by molar-refractivity contribution is 7.99. The molecule has 1 saturated heterocycles. The molecule has 0 aliphatic carbocycles. The Morgan fingerprint density at radius 1 is 0.909 bits per heavy atom. The molecule has 7 nitrogen and oxygen atoms in total. The standard InChI is InChI=1S/C31H28F5N3O4S/c1-16-21(15-44-31-37-11-12-39(31)2)42-30(43-28(16)19-7-5-18(14-40)6-8-19)20-9-3-17(4-10-20)13-38-29(41)22-23(32)25(34)27(36)26(35)24(22)33/h3-12,16,21,28,30,40H,13-15H2,1-2H3,(H,38,41). The summed E-state index contributed by atoms with van der Waals surface area (Å²) in [7, 11) is 1.91. The molecule has 1 amide bonds. The van der Waals surface area contributed by atoms with Crippen LogP contribution in [-0.2, 0) is 29.7 Å². The molecule has 1 aliphatic heterocycles. The lowest BCUT2D eigenvalue weighted by Crippen LogP contribution is -2.38. The van der Waals surface area contributed by atoms with Gasteiger partial charge in [0, 0.05) is 43.2 Å². The van der Waals surface area contributed by atoms with Gasteiger partial charge >= 0.3 is 0 Å². The number of benzene rings is 3. The monoisotopic (exact) mass is 633 g/mol. The summed E-state index contributed by atoms with van der Waals surface area (Å²) < 4.78 is 83.2. The lowest BCUT2D eigenvalue weighted by atomic mass is 9.91. The summed E-state index contributed by atoms with van der Waals surface area (Å²) in [5, 5.41) is 12.5. The minimum absolute atomic E-state index is 0.0459. The number of aliphatic hydroxyl groups excluding tert-OH is 1. The molecule has 4 unspecified atom stereocenters. The van der Waals surface area contributed by atoms with Crippen molar-refractivity contribution >= 4 is 17.7 Å². The van der Waals surface area contributed by atoms with Crippen LogP contribution in [0.25, 0.3) is 0 Å². The zero-order valence-corrected chi connectivity index (χ0v) is 24.4. The Morgan fingerprint density at radius 2 is 1.50 bits per heavy atom. The van der Waals surface area contributed by atoms with Gasteiger partial charge < -0.3 is 24.5 Å². The predicted octanol–water partition coefficient (Wildman–Crippen LogP) is 6.12. The Balaban J connectivity index is 1.31. The van der Waals surface area contributed by atoms with E-state index in [1.807, 2.05) is 49.0 Å². The number of imidazole rings is 1. The first-order valence-electron chi connectivity index (χ1n) is 13.6. The molecule has 0 bridgehead atoms. The van der Waals surface area contributed by atoms with Gasteiger partial charge in [-0.3, -0.25) is 4.79 Å². The van der Waals surface area contributed by atoms with E-state index in [9.17, 15) is 31.9 Å². The average Bonchev–Trinajstić information content (AvgIpc) is 3.46. The van der Waals surface area contributed by atoms with Gasteiger partial charge in [0.05, 0.1) is 18.8 Å². The third kappa shape index (κ3) is 6.50. The van der Waals surface area contributed by atoms with Crippen molar-refractivity contribution in [2.75, 3.05) is 5.75 Å². The minimum atomic E-state index is -2.34. The zero-order valence-electron chi connectivity index (χ0n) is 23.6. The lowest BCUT2D eigenvalue weighted by molar-refractivity contribution is -0.268. The fraction of sp³-hybridized carbons (Fsp3) is 0.290. The van der Waals surface area contributed by atoms with E-state index in [1.165, 1.54) is 0 Å². The third-order valence-electron chi connectivity index (χ3n) is 7.42. The van der Waals surface area contributed by atoms with Crippen LogP contribution in [0, 0.1) is 35.0 Å². The molecule has 3 aromatic carbocycles. The van der Waals surface area contributed by atoms with Crippen LogP contribution in [0.1, 0.15) is 51.9 Å². The Kier molecular flexibility index (Phi) is 9.68. The number of aryl methyl sites for hydroxylation is 1. The van der Waals surface area contributed by atoms with Crippen LogP contribution in [0.2, 0.25) is 0 Å². The topological polar surface area (TPSA) is 85.6 Å². The van der Waals surface area contributed by atoms with Crippen molar-refractivity contribution in [2.45, 2.75) is 43.7 Å². The molecule has 2 heterocycles. The molecule has 2 N–H and O–H groups in total. The Bertz CT molecular complexity index is 1610. The fourth-order valence-corrected chi connectivity index (χ4v) is 5.92. The highest BCUT2D eigenvalue weighted by atomic mass is 32.2. The van der Waals surface area contributed by atoms with E-state index in [-0.39, 0.29) is 31.3 Å². The molecule has 0 saturated carbocycles. The summed E-state index contributed by atoms with van der Waals surface area (Å²) in [4.78, 5) is 16.7. The number of rotatable bonds is 9. The zero-order chi connectivity index (χ0) is 31.5. The highest BCUT2D eigenvalue weighted by Gasteiger charge is 2.38. The van der Waals surface area contributed by atoms with Crippen LogP contribution in [0.4, 0.5) is 22.0 Å². The third-order valence-corrected chi connectivity index (χ3v) is 8.57. The van der Waals surface area contributed by atoms with Crippen LogP contribution in [0.5, 0.6) is 0 Å². The number of thioether (sulfide) groups is 1. The summed E-state index contributed by atoms with van der Waals surface area (Å²) in [5.74, 6) is -12.0. The second kappa shape index (κ2) is 13.5. The van der Waals surface area contributed by atoms with Gasteiger partial charge in [0.2, 0.25) is 5.82 Å². The molecule has 4 atom stereocenters. The van der Waals surface area contributed by atoms with E-state index in [0.29, 0.717) is 16.9 Å². The van der Waals surface area contributed by atoms with Gasteiger partial charge in [-0.05, 0) is 16.7 Å². The predicted molar refractivity (Wildman–Crippen MR) is 151 cm³/mol. The van der Waals surface area contributed by atoms with E-state index in [1.54, 1.807) is 42.2 Å². The quantitative estimate of drug-likeness (QED) is 0.100. The Labute approximate surface area is 254 Å². The Hall–Kier alpha value is -3.78. The number of aromatic nitrogens is 2. The second-order valence-electron chi connectivity index (χ2n) is 10.3. The molecule has 0 radical (unpaired) electrons. The van der Waals surface area contributed by atoms with Crippen LogP contribution in [-0.4, -0.2) is 32.4 Å². The normalized spacial score (nSPS) is 20.1.